The van der Waals surface area contributed by atoms with Gasteiger partial charge < -0.3 is 4.74 Å². The van der Waals surface area contributed by atoms with Crippen molar-refractivity contribution >= 4 is 5.57 Å². The maximum Gasteiger partial charge on any atom is 0.573 e. The molecular formula is C14H15F3NO. The van der Waals surface area contributed by atoms with Crippen LogP contribution >= 0.6 is 0 Å². The third-order valence-electron chi connectivity index (χ3n) is 3.06. The Morgan fingerprint density at radius 3 is 2.37 bits per heavy atom. The summed E-state index contributed by atoms with van der Waals surface area (Å²) in [5.74, 6) is -0.184. The van der Waals surface area contributed by atoms with Gasteiger partial charge in [-0.15, -0.1) is 13.2 Å². The summed E-state index contributed by atoms with van der Waals surface area (Å²) in [7, 11) is 0. The molecule has 0 fully saturated rings. The summed E-state index contributed by atoms with van der Waals surface area (Å²) in [6, 6.07) is 6.03. The van der Waals surface area contributed by atoms with Crippen molar-refractivity contribution in [1.29, 1.82) is 0 Å². The molecule has 0 unspecified atom stereocenters. The number of halogens is 3. The van der Waals surface area contributed by atoms with Crippen LogP contribution in [0.4, 0.5) is 13.2 Å². The van der Waals surface area contributed by atoms with Crippen LogP contribution in [0.2, 0.25) is 0 Å². The van der Waals surface area contributed by atoms with Crippen molar-refractivity contribution in [3.05, 3.63) is 42.4 Å². The molecule has 1 aromatic carbocycles. The van der Waals surface area contributed by atoms with Crippen LogP contribution in [0.5, 0.6) is 5.75 Å². The van der Waals surface area contributed by atoms with Gasteiger partial charge >= 0.3 is 6.36 Å². The van der Waals surface area contributed by atoms with Crippen molar-refractivity contribution in [2.45, 2.75) is 19.7 Å². The van der Waals surface area contributed by atoms with E-state index in [9.17, 15) is 13.2 Å². The van der Waals surface area contributed by atoms with Gasteiger partial charge in [-0.05, 0) is 36.6 Å². The molecule has 1 radical (unpaired) electrons. The van der Waals surface area contributed by atoms with Gasteiger partial charge in [0.15, 0.2) is 0 Å². The highest BCUT2D eigenvalue weighted by Gasteiger charge is 2.31. The van der Waals surface area contributed by atoms with E-state index in [1.54, 1.807) is 12.1 Å². The number of rotatable bonds is 3. The Bertz CT molecular complexity index is 451. The van der Waals surface area contributed by atoms with Crippen molar-refractivity contribution in [2.24, 2.45) is 0 Å². The summed E-state index contributed by atoms with van der Waals surface area (Å²) in [6.45, 7) is 5.80. The second kappa shape index (κ2) is 5.65. The molecule has 2 rings (SSSR count). The van der Waals surface area contributed by atoms with Gasteiger partial charge in [-0.3, -0.25) is 4.90 Å². The first-order valence-electron chi connectivity index (χ1n) is 6.07. The van der Waals surface area contributed by atoms with Crippen LogP contribution < -0.4 is 4.74 Å². The number of nitrogens with zero attached hydrogens (tertiary/aromatic N) is 1. The summed E-state index contributed by atoms with van der Waals surface area (Å²) in [6.07, 6.45) is -1.64. The van der Waals surface area contributed by atoms with Crippen LogP contribution in [0.3, 0.4) is 0 Å². The Kier molecular flexibility index (Phi) is 4.14. The van der Waals surface area contributed by atoms with Gasteiger partial charge in [0, 0.05) is 19.6 Å². The van der Waals surface area contributed by atoms with Gasteiger partial charge in [0.1, 0.15) is 5.75 Å². The first kappa shape index (κ1) is 13.9. The molecule has 0 spiro atoms. The number of hydrogen-bond donors (Lipinski definition) is 0. The zero-order valence-corrected chi connectivity index (χ0v) is 10.6. The van der Waals surface area contributed by atoms with Gasteiger partial charge in [-0.2, -0.15) is 0 Å². The molecule has 1 aromatic rings. The van der Waals surface area contributed by atoms with Gasteiger partial charge in [-0.1, -0.05) is 18.2 Å². The minimum absolute atomic E-state index is 0.184. The molecule has 0 bridgehead atoms. The minimum atomic E-state index is -4.64. The fraction of sp³-hybridized carbons (Fsp3) is 0.357. The Labute approximate surface area is 110 Å². The van der Waals surface area contributed by atoms with E-state index in [1.165, 1.54) is 12.1 Å². The summed E-state index contributed by atoms with van der Waals surface area (Å²) < 4.78 is 40.0. The SMILES string of the molecule is C[CH]N1CC=C(c2ccc(OC(F)(F)F)cc2)CC1. The zero-order valence-electron chi connectivity index (χ0n) is 10.6. The molecule has 1 aliphatic rings. The number of benzene rings is 1. The third kappa shape index (κ3) is 3.99. The normalized spacial score (nSPS) is 17.2. The molecule has 0 amide bonds. The molecule has 0 N–H and O–H groups in total. The Balaban J connectivity index is 2.05. The molecule has 0 saturated heterocycles. The molecule has 19 heavy (non-hydrogen) atoms. The number of alkyl halides is 3. The molecule has 0 aromatic heterocycles. The highest BCUT2D eigenvalue weighted by molar-refractivity contribution is 5.67. The van der Waals surface area contributed by atoms with Crippen molar-refractivity contribution in [3.8, 4) is 5.75 Å². The summed E-state index contributed by atoms with van der Waals surface area (Å²) in [5, 5.41) is 0. The van der Waals surface area contributed by atoms with Crippen LogP contribution in [-0.4, -0.2) is 24.4 Å². The van der Waals surface area contributed by atoms with Crippen LogP contribution in [0.1, 0.15) is 18.9 Å². The molecule has 1 heterocycles. The van der Waals surface area contributed by atoms with Gasteiger partial charge in [0.25, 0.3) is 0 Å². The second-order valence-electron chi connectivity index (χ2n) is 4.30. The van der Waals surface area contributed by atoms with Crippen LogP contribution in [0, 0.1) is 6.54 Å². The second-order valence-corrected chi connectivity index (χ2v) is 4.30. The lowest BCUT2D eigenvalue weighted by Gasteiger charge is -2.24. The molecule has 0 saturated carbocycles. The van der Waals surface area contributed by atoms with Crippen molar-refractivity contribution in [2.75, 3.05) is 13.1 Å². The molecule has 103 valence electrons. The smallest absolute Gasteiger partial charge is 0.406 e. The van der Waals surface area contributed by atoms with Crippen molar-refractivity contribution in [1.82, 2.24) is 4.90 Å². The first-order valence-corrected chi connectivity index (χ1v) is 6.07. The molecule has 1 aliphatic heterocycles. The quantitative estimate of drug-likeness (QED) is 0.827. The topological polar surface area (TPSA) is 12.5 Å². The fourth-order valence-corrected chi connectivity index (χ4v) is 2.05. The highest BCUT2D eigenvalue weighted by Crippen LogP contribution is 2.27. The average Bonchev–Trinajstić information content (AvgIpc) is 2.38. The van der Waals surface area contributed by atoms with E-state index in [1.807, 2.05) is 13.5 Å². The summed E-state index contributed by atoms with van der Waals surface area (Å²) in [5.41, 5.74) is 2.11. The van der Waals surface area contributed by atoms with Crippen LogP contribution in [0.15, 0.2) is 30.3 Å². The van der Waals surface area contributed by atoms with E-state index in [-0.39, 0.29) is 5.75 Å². The summed E-state index contributed by atoms with van der Waals surface area (Å²) >= 11 is 0. The monoisotopic (exact) mass is 270 g/mol. The van der Waals surface area contributed by atoms with E-state index in [4.69, 9.17) is 0 Å². The van der Waals surface area contributed by atoms with Gasteiger partial charge in [-0.25, -0.2) is 0 Å². The molecule has 2 nitrogen and oxygen atoms in total. The Morgan fingerprint density at radius 2 is 1.89 bits per heavy atom. The van der Waals surface area contributed by atoms with E-state index < -0.39 is 6.36 Å². The lowest BCUT2D eigenvalue weighted by Crippen LogP contribution is -2.24. The highest BCUT2D eigenvalue weighted by atomic mass is 19.4. The number of hydrogen-bond acceptors (Lipinski definition) is 2. The first-order chi connectivity index (χ1) is 8.98. The van der Waals surface area contributed by atoms with E-state index in [0.29, 0.717) is 0 Å². The minimum Gasteiger partial charge on any atom is -0.406 e. The lowest BCUT2D eigenvalue weighted by molar-refractivity contribution is -0.274. The molecular weight excluding hydrogens is 255 g/mol. The maximum absolute atomic E-state index is 12.0. The Hall–Kier alpha value is -1.49. The maximum atomic E-state index is 12.0. The zero-order chi connectivity index (χ0) is 13.9. The third-order valence-corrected chi connectivity index (χ3v) is 3.06. The molecule has 0 atom stereocenters. The predicted molar refractivity (Wildman–Crippen MR) is 67.3 cm³/mol. The Morgan fingerprint density at radius 1 is 1.21 bits per heavy atom. The van der Waals surface area contributed by atoms with E-state index in [0.717, 1.165) is 30.6 Å². The lowest BCUT2D eigenvalue weighted by atomic mass is 9.99. The predicted octanol–water partition coefficient (Wildman–Crippen LogP) is 3.86. The summed E-state index contributed by atoms with van der Waals surface area (Å²) in [4.78, 5) is 2.19. The number of ether oxygens (including phenoxy) is 1. The molecule has 0 aliphatic carbocycles. The van der Waals surface area contributed by atoms with Crippen molar-refractivity contribution in [3.63, 3.8) is 0 Å². The van der Waals surface area contributed by atoms with Crippen molar-refractivity contribution < 1.29 is 17.9 Å². The van der Waals surface area contributed by atoms with E-state index in [2.05, 4.69) is 15.7 Å². The largest absolute Gasteiger partial charge is 0.573 e. The van der Waals surface area contributed by atoms with Gasteiger partial charge in [0.05, 0.1) is 0 Å². The fourth-order valence-electron chi connectivity index (χ4n) is 2.05. The molecule has 5 heteroatoms. The van der Waals surface area contributed by atoms with E-state index >= 15 is 0 Å². The average molecular weight is 270 g/mol. The van der Waals surface area contributed by atoms with Gasteiger partial charge in [0.2, 0.25) is 0 Å². The van der Waals surface area contributed by atoms with Crippen LogP contribution in [-0.2, 0) is 0 Å². The standard InChI is InChI=1S/C14H15F3NO/c1-2-18-9-7-12(8-10-18)11-3-5-13(6-4-11)19-14(15,16)17/h2-7H,8-10H2,1H3. The van der Waals surface area contributed by atoms with Crippen LogP contribution in [0.25, 0.3) is 5.57 Å².